The monoisotopic (exact) mass is 483 g/mol. The van der Waals surface area contributed by atoms with Crippen LogP contribution in [0.3, 0.4) is 0 Å². The molecule has 1 saturated heterocycles. The molecule has 0 bridgehead atoms. The van der Waals surface area contributed by atoms with Crippen molar-refractivity contribution in [3.8, 4) is 0 Å². The smallest absolute Gasteiger partial charge is 0.323 e. The van der Waals surface area contributed by atoms with Crippen LogP contribution in [-0.4, -0.2) is 39.9 Å². The van der Waals surface area contributed by atoms with E-state index in [1.54, 1.807) is 48.5 Å². The molecule has 6 rings (SSSR count). The van der Waals surface area contributed by atoms with Crippen molar-refractivity contribution in [2.45, 2.75) is 19.8 Å². The molecule has 1 aliphatic heterocycles. The van der Waals surface area contributed by atoms with Crippen LogP contribution >= 0.6 is 0 Å². The van der Waals surface area contributed by atoms with E-state index in [9.17, 15) is 19.7 Å². The minimum Gasteiger partial charge on any atom is -0.366 e. The average molecular weight is 483 g/mol. The average Bonchev–Trinajstić information content (AvgIpc) is 3.37. The van der Waals surface area contributed by atoms with Gasteiger partial charge in [0, 0.05) is 29.8 Å². The number of rotatable bonds is 4. The number of fused-ring (bicyclic) bond motifs is 3. The second kappa shape index (κ2) is 8.26. The van der Waals surface area contributed by atoms with Crippen LogP contribution < -0.4 is 10.2 Å². The van der Waals surface area contributed by atoms with Crippen LogP contribution in [0.15, 0.2) is 53.2 Å². The molecule has 1 fully saturated rings. The topological polar surface area (TPSA) is 131 Å². The summed E-state index contributed by atoms with van der Waals surface area (Å²) in [5.74, 6) is 0.0338. The van der Waals surface area contributed by atoms with Gasteiger partial charge in [0.25, 0.3) is 0 Å². The SMILES string of the molecule is CC1CCN(c2cc(Nc3cccc4c3C(=O)c3ccccc3C4=O)c3nonc3c2[N+](=O)[O-])CC1. The maximum Gasteiger partial charge on any atom is 0.323 e. The number of hydrogen-bond donors (Lipinski definition) is 1. The maximum atomic E-state index is 13.4. The molecule has 3 aromatic carbocycles. The first-order valence-electron chi connectivity index (χ1n) is 11.7. The van der Waals surface area contributed by atoms with E-state index in [1.807, 2.05) is 4.90 Å². The summed E-state index contributed by atoms with van der Waals surface area (Å²) in [6, 6.07) is 13.4. The Morgan fingerprint density at radius 2 is 1.61 bits per heavy atom. The third-order valence-electron chi connectivity index (χ3n) is 7.02. The maximum absolute atomic E-state index is 13.4. The van der Waals surface area contributed by atoms with Crippen molar-refractivity contribution in [2.75, 3.05) is 23.3 Å². The fourth-order valence-corrected chi connectivity index (χ4v) is 5.08. The quantitative estimate of drug-likeness (QED) is 0.280. The Labute approximate surface area is 205 Å². The van der Waals surface area contributed by atoms with E-state index in [-0.39, 0.29) is 33.9 Å². The lowest BCUT2D eigenvalue weighted by Gasteiger charge is -2.32. The lowest BCUT2D eigenvalue weighted by molar-refractivity contribution is -0.382. The molecule has 0 spiro atoms. The summed E-state index contributed by atoms with van der Waals surface area (Å²) >= 11 is 0. The first-order chi connectivity index (χ1) is 17.4. The summed E-state index contributed by atoms with van der Waals surface area (Å²) in [6.45, 7) is 3.50. The molecule has 1 aliphatic carbocycles. The number of hydrogen-bond acceptors (Lipinski definition) is 9. The van der Waals surface area contributed by atoms with Crippen LogP contribution in [0.2, 0.25) is 0 Å². The lowest BCUT2D eigenvalue weighted by Crippen LogP contribution is -2.33. The Kier molecular flexibility index (Phi) is 5.03. The molecule has 0 radical (unpaired) electrons. The number of nitrogens with one attached hydrogen (secondary N) is 1. The van der Waals surface area contributed by atoms with E-state index in [1.165, 1.54) is 0 Å². The zero-order chi connectivity index (χ0) is 25.0. The second-order valence-electron chi connectivity index (χ2n) is 9.24. The summed E-state index contributed by atoms with van der Waals surface area (Å²) in [5, 5.41) is 23.0. The van der Waals surface area contributed by atoms with E-state index >= 15 is 0 Å². The molecule has 0 amide bonds. The number of nitro groups is 1. The number of nitrogens with zero attached hydrogens (tertiary/aromatic N) is 4. The van der Waals surface area contributed by atoms with Gasteiger partial charge in [-0.25, -0.2) is 4.63 Å². The molecule has 1 aromatic heterocycles. The van der Waals surface area contributed by atoms with Crippen molar-refractivity contribution in [3.63, 3.8) is 0 Å². The first kappa shape index (κ1) is 21.9. The van der Waals surface area contributed by atoms with Gasteiger partial charge in [0.05, 0.1) is 21.9 Å². The van der Waals surface area contributed by atoms with Crippen LogP contribution in [0.4, 0.5) is 22.7 Å². The Hall–Kier alpha value is -4.60. The second-order valence-corrected chi connectivity index (χ2v) is 9.24. The predicted octanol–water partition coefficient (Wildman–Crippen LogP) is 4.89. The minimum absolute atomic E-state index is 0.0242. The molecule has 36 heavy (non-hydrogen) atoms. The molecular formula is C26H21N5O5. The van der Waals surface area contributed by atoms with Crippen molar-refractivity contribution >= 4 is 45.3 Å². The fourth-order valence-electron chi connectivity index (χ4n) is 5.08. The Morgan fingerprint density at radius 1 is 0.944 bits per heavy atom. The summed E-state index contributed by atoms with van der Waals surface area (Å²) in [7, 11) is 0. The summed E-state index contributed by atoms with van der Waals surface area (Å²) in [4.78, 5) is 40.1. The molecule has 2 aliphatic rings. The van der Waals surface area contributed by atoms with Crippen LogP contribution in [0.1, 0.15) is 51.6 Å². The van der Waals surface area contributed by atoms with Gasteiger partial charge in [-0.05, 0) is 41.2 Å². The summed E-state index contributed by atoms with van der Waals surface area (Å²) < 4.78 is 4.91. The van der Waals surface area contributed by atoms with Gasteiger partial charge in [0.15, 0.2) is 17.1 Å². The van der Waals surface area contributed by atoms with Gasteiger partial charge in [-0.1, -0.05) is 43.3 Å². The highest BCUT2D eigenvalue weighted by Gasteiger charge is 2.33. The summed E-state index contributed by atoms with van der Waals surface area (Å²) in [5.41, 5.74) is 2.49. The largest absolute Gasteiger partial charge is 0.366 e. The Bertz CT molecular complexity index is 1570. The highest BCUT2D eigenvalue weighted by Crippen LogP contribution is 2.42. The molecule has 0 saturated carbocycles. The Balaban J connectivity index is 1.49. The van der Waals surface area contributed by atoms with Gasteiger partial charge in [-0.15, -0.1) is 0 Å². The van der Waals surface area contributed by atoms with Crippen LogP contribution in [0.5, 0.6) is 0 Å². The normalized spacial score (nSPS) is 15.6. The van der Waals surface area contributed by atoms with Gasteiger partial charge < -0.3 is 10.2 Å². The predicted molar refractivity (Wildman–Crippen MR) is 132 cm³/mol. The van der Waals surface area contributed by atoms with E-state index in [2.05, 4.69) is 22.6 Å². The Morgan fingerprint density at radius 3 is 2.33 bits per heavy atom. The first-order valence-corrected chi connectivity index (χ1v) is 11.7. The van der Waals surface area contributed by atoms with Gasteiger partial charge >= 0.3 is 5.69 Å². The molecular weight excluding hydrogens is 462 g/mol. The number of ketones is 2. The molecule has 0 unspecified atom stereocenters. The number of nitro benzene ring substituents is 1. The van der Waals surface area contributed by atoms with E-state index < -0.39 is 4.92 Å². The minimum atomic E-state index is -0.465. The third-order valence-corrected chi connectivity index (χ3v) is 7.02. The van der Waals surface area contributed by atoms with Gasteiger partial charge in [-0.3, -0.25) is 19.7 Å². The van der Waals surface area contributed by atoms with E-state index in [4.69, 9.17) is 4.63 Å². The molecule has 10 heteroatoms. The zero-order valence-corrected chi connectivity index (χ0v) is 19.4. The number of piperidine rings is 1. The molecule has 10 nitrogen and oxygen atoms in total. The number of carbonyl (C=O) groups is 2. The molecule has 180 valence electrons. The third kappa shape index (κ3) is 3.33. The van der Waals surface area contributed by atoms with Crippen molar-refractivity contribution in [1.29, 1.82) is 0 Å². The molecule has 0 atom stereocenters. The van der Waals surface area contributed by atoms with Gasteiger partial charge in [-0.2, -0.15) is 0 Å². The van der Waals surface area contributed by atoms with Crippen molar-refractivity contribution in [1.82, 2.24) is 10.3 Å². The van der Waals surface area contributed by atoms with Crippen LogP contribution in [0, 0.1) is 16.0 Å². The summed E-state index contributed by atoms with van der Waals surface area (Å²) in [6.07, 6.45) is 1.83. The number of benzene rings is 3. The molecule has 4 aromatic rings. The van der Waals surface area contributed by atoms with Crippen LogP contribution in [-0.2, 0) is 0 Å². The number of aromatic nitrogens is 2. The van der Waals surface area contributed by atoms with Crippen molar-refractivity contribution in [3.05, 3.63) is 80.9 Å². The highest BCUT2D eigenvalue weighted by atomic mass is 16.6. The van der Waals surface area contributed by atoms with Crippen molar-refractivity contribution < 1.29 is 19.1 Å². The molecule has 2 heterocycles. The highest BCUT2D eigenvalue weighted by molar-refractivity contribution is 6.30. The van der Waals surface area contributed by atoms with Gasteiger partial charge in [0.2, 0.25) is 5.52 Å². The standard InChI is InChI=1S/C26H21N5O5/c1-14-9-11-30(12-10-14)20-13-19(22-23(29-36-28-22)24(20)31(34)35)27-18-8-4-7-17-21(18)26(33)16-6-3-2-5-15(16)25(17)32/h2-8,13-14,27H,9-12H2,1H3. The zero-order valence-electron chi connectivity index (χ0n) is 19.4. The molecule has 1 N–H and O–H groups in total. The van der Waals surface area contributed by atoms with Crippen molar-refractivity contribution in [2.24, 2.45) is 5.92 Å². The van der Waals surface area contributed by atoms with Crippen LogP contribution in [0.25, 0.3) is 11.0 Å². The van der Waals surface area contributed by atoms with Gasteiger partial charge in [0.1, 0.15) is 5.69 Å². The number of anilines is 3. The lowest BCUT2D eigenvalue weighted by atomic mass is 9.83. The number of carbonyl (C=O) groups excluding carboxylic acids is 2. The van der Waals surface area contributed by atoms with E-state index in [0.717, 1.165) is 12.8 Å². The fraction of sp³-hybridized carbons (Fsp3) is 0.231. The van der Waals surface area contributed by atoms with E-state index in [0.29, 0.717) is 52.8 Å².